The number of aromatic amines is 1. The molecule has 0 aromatic carbocycles. The summed E-state index contributed by atoms with van der Waals surface area (Å²) < 4.78 is 1.47. The van der Waals surface area contributed by atoms with E-state index in [0.717, 1.165) is 17.3 Å². The van der Waals surface area contributed by atoms with Gasteiger partial charge in [0.2, 0.25) is 0 Å². The molecule has 2 heterocycles. The molecule has 2 aromatic heterocycles. The maximum atomic E-state index is 11.7. The highest BCUT2D eigenvalue weighted by atomic mass is 32.2. The molecule has 2 rings (SSSR count). The first-order chi connectivity index (χ1) is 8.59. The molecule has 0 aliphatic heterocycles. The van der Waals surface area contributed by atoms with E-state index >= 15 is 0 Å². The number of aromatic nitrogens is 3. The Kier molecular flexibility index (Phi) is 3.87. The Morgan fingerprint density at radius 3 is 3.11 bits per heavy atom. The van der Waals surface area contributed by atoms with Crippen molar-refractivity contribution in [3.8, 4) is 0 Å². The van der Waals surface area contributed by atoms with Crippen LogP contribution in [0.15, 0.2) is 26.8 Å². The van der Waals surface area contributed by atoms with Crippen molar-refractivity contribution in [3.05, 3.63) is 32.9 Å². The van der Waals surface area contributed by atoms with E-state index in [1.807, 2.05) is 23.8 Å². The number of thiophene rings is 1. The highest BCUT2D eigenvalue weighted by molar-refractivity contribution is 7.99. The van der Waals surface area contributed by atoms with Crippen molar-refractivity contribution in [2.45, 2.75) is 18.1 Å². The molecule has 1 unspecified atom stereocenters. The van der Waals surface area contributed by atoms with Crippen molar-refractivity contribution in [1.29, 1.82) is 0 Å². The summed E-state index contributed by atoms with van der Waals surface area (Å²) in [6, 6.07) is 1.76. The smallest absolute Gasteiger partial charge is 0.344 e. The summed E-state index contributed by atoms with van der Waals surface area (Å²) in [6.45, 7) is 1.88. The number of hydrogen-bond donors (Lipinski definition) is 2. The van der Waals surface area contributed by atoms with Gasteiger partial charge in [0.05, 0.1) is 11.8 Å². The van der Waals surface area contributed by atoms with Gasteiger partial charge in [-0.25, -0.2) is 9.89 Å². The van der Waals surface area contributed by atoms with Crippen molar-refractivity contribution in [2.75, 3.05) is 5.75 Å². The lowest BCUT2D eigenvalue weighted by Crippen LogP contribution is -2.22. The predicted molar refractivity (Wildman–Crippen MR) is 69.3 cm³/mol. The van der Waals surface area contributed by atoms with E-state index < -0.39 is 5.97 Å². The molecule has 0 bridgehead atoms. The molecule has 0 fully saturated rings. The van der Waals surface area contributed by atoms with E-state index in [4.69, 9.17) is 5.11 Å². The number of nitrogens with zero attached hydrogens (tertiary/aromatic N) is 2. The fourth-order valence-corrected chi connectivity index (χ4v) is 3.01. The van der Waals surface area contributed by atoms with Gasteiger partial charge >= 0.3 is 11.7 Å². The second-order valence-electron chi connectivity index (χ2n) is 3.60. The van der Waals surface area contributed by atoms with Crippen LogP contribution >= 0.6 is 23.1 Å². The minimum Gasteiger partial charge on any atom is -0.481 e. The molecule has 1 atom stereocenters. The SMILES string of the molecule is CC(c1ccsc1)n1c(SCC(=O)O)n[nH]c1=O. The molecule has 0 aliphatic carbocycles. The highest BCUT2D eigenvalue weighted by Gasteiger charge is 2.17. The summed E-state index contributed by atoms with van der Waals surface area (Å²) in [7, 11) is 0. The molecule has 2 aromatic rings. The molecule has 2 N–H and O–H groups in total. The molecule has 0 amide bonds. The summed E-state index contributed by atoms with van der Waals surface area (Å²) in [5, 5.41) is 19.1. The Bertz CT molecular complexity index is 588. The second kappa shape index (κ2) is 5.40. The number of carboxylic acid groups (broad SMARTS) is 1. The van der Waals surface area contributed by atoms with Gasteiger partial charge in [0.25, 0.3) is 0 Å². The number of carboxylic acids is 1. The molecule has 0 saturated carbocycles. The summed E-state index contributed by atoms with van der Waals surface area (Å²) in [5.74, 6) is -1.06. The lowest BCUT2D eigenvalue weighted by atomic mass is 10.2. The molecule has 0 saturated heterocycles. The fraction of sp³-hybridized carbons (Fsp3) is 0.300. The Morgan fingerprint density at radius 2 is 2.50 bits per heavy atom. The van der Waals surface area contributed by atoms with Crippen LogP contribution in [0.1, 0.15) is 18.5 Å². The number of hydrogen-bond acceptors (Lipinski definition) is 5. The Labute approximate surface area is 111 Å². The van der Waals surface area contributed by atoms with Crippen molar-refractivity contribution < 1.29 is 9.90 Å². The predicted octanol–water partition coefficient (Wildman–Crippen LogP) is 1.42. The molecule has 8 heteroatoms. The minimum atomic E-state index is -0.940. The monoisotopic (exact) mass is 285 g/mol. The van der Waals surface area contributed by atoms with Gasteiger partial charge in [-0.3, -0.25) is 9.36 Å². The average molecular weight is 285 g/mol. The van der Waals surface area contributed by atoms with Crippen LogP contribution in [0.4, 0.5) is 0 Å². The Hall–Kier alpha value is -1.54. The van der Waals surface area contributed by atoms with E-state index in [0.29, 0.717) is 5.16 Å². The van der Waals surface area contributed by atoms with Crippen LogP contribution in [0.2, 0.25) is 0 Å². The molecular weight excluding hydrogens is 274 g/mol. The van der Waals surface area contributed by atoms with Crippen LogP contribution < -0.4 is 5.69 Å². The number of H-pyrrole nitrogens is 1. The first kappa shape index (κ1) is 12.9. The number of aliphatic carboxylic acids is 1. The van der Waals surface area contributed by atoms with Crippen LogP contribution in [0, 0.1) is 0 Å². The third-order valence-corrected chi connectivity index (χ3v) is 4.05. The standard InChI is InChI=1S/C10H11N3O3S2/c1-6(7-2-3-17-4-7)13-9(16)11-12-10(13)18-5-8(14)15/h2-4,6H,5H2,1H3,(H,11,16)(H,14,15). The molecule has 6 nitrogen and oxygen atoms in total. The third-order valence-electron chi connectivity index (χ3n) is 2.41. The quantitative estimate of drug-likeness (QED) is 0.811. The molecule has 18 heavy (non-hydrogen) atoms. The van der Waals surface area contributed by atoms with E-state index in [-0.39, 0.29) is 17.5 Å². The number of thioether (sulfide) groups is 1. The van der Waals surface area contributed by atoms with Gasteiger partial charge in [0, 0.05) is 0 Å². The number of carbonyl (C=O) groups is 1. The number of nitrogens with one attached hydrogen (secondary N) is 1. The maximum Gasteiger partial charge on any atom is 0.344 e. The Balaban J connectivity index is 2.29. The zero-order valence-electron chi connectivity index (χ0n) is 9.49. The van der Waals surface area contributed by atoms with Crippen LogP contribution in [0.5, 0.6) is 0 Å². The van der Waals surface area contributed by atoms with Gasteiger partial charge in [0.1, 0.15) is 0 Å². The Morgan fingerprint density at radius 1 is 1.72 bits per heavy atom. The van der Waals surface area contributed by atoms with Crippen molar-refractivity contribution >= 4 is 29.1 Å². The highest BCUT2D eigenvalue weighted by Crippen LogP contribution is 2.23. The first-order valence-corrected chi connectivity index (χ1v) is 7.06. The summed E-state index contributed by atoms with van der Waals surface area (Å²) in [4.78, 5) is 22.3. The summed E-state index contributed by atoms with van der Waals surface area (Å²) in [6.07, 6.45) is 0. The summed E-state index contributed by atoms with van der Waals surface area (Å²) >= 11 is 2.57. The average Bonchev–Trinajstić information content (AvgIpc) is 2.94. The van der Waals surface area contributed by atoms with Crippen molar-refractivity contribution in [1.82, 2.24) is 14.8 Å². The molecular formula is C10H11N3O3S2. The third kappa shape index (κ3) is 2.65. The van der Waals surface area contributed by atoms with Crippen LogP contribution in [0.25, 0.3) is 0 Å². The largest absolute Gasteiger partial charge is 0.481 e. The molecule has 0 aliphatic rings. The second-order valence-corrected chi connectivity index (χ2v) is 5.32. The van der Waals surface area contributed by atoms with Gasteiger partial charge in [-0.05, 0) is 29.3 Å². The van der Waals surface area contributed by atoms with Crippen LogP contribution in [-0.4, -0.2) is 31.6 Å². The normalized spacial score (nSPS) is 12.5. The zero-order valence-corrected chi connectivity index (χ0v) is 11.1. The van der Waals surface area contributed by atoms with Gasteiger partial charge in [-0.1, -0.05) is 11.8 Å². The van der Waals surface area contributed by atoms with Gasteiger partial charge in [0.15, 0.2) is 5.16 Å². The lowest BCUT2D eigenvalue weighted by molar-refractivity contribution is -0.133. The fourth-order valence-electron chi connectivity index (χ4n) is 1.52. The number of rotatable bonds is 5. The van der Waals surface area contributed by atoms with Crippen molar-refractivity contribution in [3.63, 3.8) is 0 Å². The van der Waals surface area contributed by atoms with Gasteiger partial charge in [-0.15, -0.1) is 5.10 Å². The molecule has 0 radical (unpaired) electrons. The maximum absolute atomic E-state index is 11.7. The first-order valence-electron chi connectivity index (χ1n) is 5.13. The van der Waals surface area contributed by atoms with E-state index in [2.05, 4.69) is 10.2 Å². The molecule has 0 spiro atoms. The molecule has 96 valence electrons. The lowest BCUT2D eigenvalue weighted by Gasteiger charge is -2.12. The van der Waals surface area contributed by atoms with Gasteiger partial charge < -0.3 is 5.11 Å². The van der Waals surface area contributed by atoms with E-state index in [1.54, 1.807) is 11.3 Å². The van der Waals surface area contributed by atoms with Crippen LogP contribution in [0.3, 0.4) is 0 Å². The topological polar surface area (TPSA) is 88.0 Å². The summed E-state index contributed by atoms with van der Waals surface area (Å²) in [5.41, 5.74) is 0.669. The van der Waals surface area contributed by atoms with E-state index in [1.165, 1.54) is 4.57 Å². The zero-order chi connectivity index (χ0) is 13.1. The van der Waals surface area contributed by atoms with Crippen molar-refractivity contribution in [2.24, 2.45) is 0 Å². The minimum absolute atomic E-state index is 0.124. The van der Waals surface area contributed by atoms with Crippen LogP contribution in [-0.2, 0) is 4.79 Å². The van der Waals surface area contributed by atoms with Gasteiger partial charge in [-0.2, -0.15) is 11.3 Å². The van der Waals surface area contributed by atoms with E-state index in [9.17, 15) is 9.59 Å².